The lowest BCUT2D eigenvalue weighted by molar-refractivity contribution is 0.629. The number of hydrogen-bond donors (Lipinski definition) is 1. The van der Waals surface area contributed by atoms with Gasteiger partial charge in [-0.05, 0) is 18.2 Å². The Labute approximate surface area is 78.4 Å². The summed E-state index contributed by atoms with van der Waals surface area (Å²) in [5.74, 6) is -0.465. The Morgan fingerprint density at radius 3 is 2.86 bits per heavy atom. The lowest BCUT2D eigenvalue weighted by Crippen LogP contribution is -2.03. The van der Waals surface area contributed by atoms with Crippen molar-refractivity contribution in [1.29, 1.82) is 5.26 Å². The van der Waals surface area contributed by atoms with Crippen molar-refractivity contribution in [3.8, 4) is 6.07 Å². The van der Waals surface area contributed by atoms with Crippen LogP contribution in [0.1, 0.15) is 5.69 Å². The third kappa shape index (κ3) is 1.25. The van der Waals surface area contributed by atoms with Crippen molar-refractivity contribution in [2.24, 2.45) is 0 Å². The first-order chi connectivity index (χ1) is 6.70. The van der Waals surface area contributed by atoms with Gasteiger partial charge in [0.05, 0.1) is 5.52 Å². The van der Waals surface area contributed by atoms with Gasteiger partial charge in [0, 0.05) is 11.5 Å². The molecule has 1 aromatic carbocycles. The second kappa shape index (κ2) is 2.96. The molecule has 3 nitrogen and oxygen atoms in total. The summed E-state index contributed by atoms with van der Waals surface area (Å²) in [5.41, 5.74) is 0.291. The van der Waals surface area contributed by atoms with Crippen LogP contribution in [0.2, 0.25) is 0 Å². The van der Waals surface area contributed by atoms with Crippen molar-refractivity contribution in [3.63, 3.8) is 0 Å². The second-order valence-electron chi connectivity index (χ2n) is 2.85. The van der Waals surface area contributed by atoms with E-state index in [-0.39, 0.29) is 16.5 Å². The summed E-state index contributed by atoms with van der Waals surface area (Å²) in [6, 6.07) is 6.80. The van der Waals surface area contributed by atoms with Gasteiger partial charge in [0.2, 0.25) is 0 Å². The molecule has 0 atom stereocenters. The van der Waals surface area contributed by atoms with Gasteiger partial charge < -0.3 is 4.98 Å². The van der Waals surface area contributed by atoms with Crippen molar-refractivity contribution in [1.82, 2.24) is 4.98 Å². The summed E-state index contributed by atoms with van der Waals surface area (Å²) in [6.07, 6.45) is 0. The second-order valence-corrected chi connectivity index (χ2v) is 2.85. The maximum Gasteiger partial charge on any atom is 0.190 e. The van der Waals surface area contributed by atoms with Crippen molar-refractivity contribution >= 4 is 10.9 Å². The molecule has 1 N–H and O–H groups in total. The lowest BCUT2D eigenvalue weighted by atomic mass is 10.2. The van der Waals surface area contributed by atoms with E-state index in [0.29, 0.717) is 5.52 Å². The highest BCUT2D eigenvalue weighted by atomic mass is 19.1. The summed E-state index contributed by atoms with van der Waals surface area (Å²) >= 11 is 0. The molecule has 0 fully saturated rings. The normalized spacial score (nSPS) is 10.0. The van der Waals surface area contributed by atoms with Crippen LogP contribution in [-0.2, 0) is 0 Å². The number of H-pyrrole nitrogens is 1. The van der Waals surface area contributed by atoms with Crippen LogP contribution in [-0.4, -0.2) is 4.98 Å². The van der Waals surface area contributed by atoms with E-state index >= 15 is 0 Å². The zero-order valence-electron chi connectivity index (χ0n) is 7.04. The standard InChI is InChI=1S/C10H5FN2O/c11-6-1-2-9-8(3-6)10(14)4-7(5-12)13-9/h1-4H,(H,13,14). The van der Waals surface area contributed by atoms with Gasteiger partial charge >= 0.3 is 0 Å². The largest absolute Gasteiger partial charge is 0.346 e. The Balaban J connectivity index is 2.92. The summed E-state index contributed by atoms with van der Waals surface area (Å²) in [7, 11) is 0. The van der Waals surface area contributed by atoms with Gasteiger partial charge in [0.1, 0.15) is 17.6 Å². The molecule has 14 heavy (non-hydrogen) atoms. The molecule has 0 saturated heterocycles. The van der Waals surface area contributed by atoms with E-state index < -0.39 is 5.82 Å². The number of nitrogens with one attached hydrogen (secondary N) is 1. The van der Waals surface area contributed by atoms with Gasteiger partial charge in [-0.2, -0.15) is 5.26 Å². The molecule has 1 aromatic heterocycles. The maximum absolute atomic E-state index is 12.8. The third-order valence-electron chi connectivity index (χ3n) is 1.91. The highest BCUT2D eigenvalue weighted by Gasteiger charge is 2.02. The fraction of sp³-hybridized carbons (Fsp3) is 0. The number of aromatic nitrogens is 1. The Bertz CT molecular complexity index is 595. The summed E-state index contributed by atoms with van der Waals surface area (Å²) in [5, 5.41) is 8.84. The number of halogens is 1. The summed E-state index contributed by atoms with van der Waals surface area (Å²) in [4.78, 5) is 14.1. The summed E-state index contributed by atoms with van der Waals surface area (Å²) < 4.78 is 12.8. The zero-order valence-corrected chi connectivity index (χ0v) is 7.04. The first-order valence-electron chi connectivity index (χ1n) is 3.93. The van der Waals surface area contributed by atoms with Gasteiger partial charge in [0.25, 0.3) is 0 Å². The van der Waals surface area contributed by atoms with E-state index in [1.165, 1.54) is 12.1 Å². The van der Waals surface area contributed by atoms with Gasteiger partial charge in [0.15, 0.2) is 5.43 Å². The molecular weight excluding hydrogens is 183 g/mol. The molecule has 0 amide bonds. The monoisotopic (exact) mass is 188 g/mol. The van der Waals surface area contributed by atoms with E-state index in [2.05, 4.69) is 4.98 Å². The van der Waals surface area contributed by atoms with Crippen molar-refractivity contribution in [3.05, 3.63) is 46.0 Å². The Morgan fingerprint density at radius 2 is 2.14 bits per heavy atom. The molecule has 0 aliphatic heterocycles. The minimum absolute atomic E-state index is 0.175. The number of hydrogen-bond acceptors (Lipinski definition) is 2. The van der Waals surface area contributed by atoms with Crippen LogP contribution in [0.25, 0.3) is 10.9 Å². The minimum atomic E-state index is -0.465. The van der Waals surface area contributed by atoms with Crippen LogP contribution >= 0.6 is 0 Å². The Hall–Kier alpha value is -2.15. The Kier molecular flexibility index (Phi) is 1.79. The van der Waals surface area contributed by atoms with Crippen molar-refractivity contribution in [2.75, 3.05) is 0 Å². The molecule has 2 aromatic rings. The predicted octanol–water partition coefficient (Wildman–Crippen LogP) is 1.54. The van der Waals surface area contributed by atoms with Gasteiger partial charge in [-0.25, -0.2) is 4.39 Å². The fourth-order valence-corrected chi connectivity index (χ4v) is 1.28. The molecular formula is C10H5FN2O. The fourth-order valence-electron chi connectivity index (χ4n) is 1.28. The van der Waals surface area contributed by atoms with Crippen LogP contribution in [0.4, 0.5) is 4.39 Å². The maximum atomic E-state index is 12.8. The topological polar surface area (TPSA) is 56.6 Å². The number of fused-ring (bicyclic) bond motifs is 1. The highest BCUT2D eigenvalue weighted by molar-refractivity contribution is 5.78. The number of benzene rings is 1. The van der Waals surface area contributed by atoms with Gasteiger partial charge in [-0.3, -0.25) is 4.79 Å². The molecule has 2 rings (SSSR count). The number of aromatic amines is 1. The van der Waals surface area contributed by atoms with Crippen LogP contribution < -0.4 is 5.43 Å². The first-order valence-corrected chi connectivity index (χ1v) is 3.93. The Morgan fingerprint density at radius 1 is 1.36 bits per heavy atom. The van der Waals surface area contributed by atoms with Gasteiger partial charge in [-0.1, -0.05) is 0 Å². The smallest absolute Gasteiger partial charge is 0.190 e. The van der Waals surface area contributed by atoms with E-state index in [4.69, 9.17) is 5.26 Å². The molecule has 0 aliphatic carbocycles. The molecule has 4 heteroatoms. The molecule has 68 valence electrons. The number of pyridine rings is 1. The zero-order chi connectivity index (χ0) is 10.1. The predicted molar refractivity (Wildman–Crippen MR) is 49.2 cm³/mol. The molecule has 1 heterocycles. The van der Waals surface area contributed by atoms with E-state index in [9.17, 15) is 9.18 Å². The van der Waals surface area contributed by atoms with Crippen LogP contribution in [0.5, 0.6) is 0 Å². The molecule has 0 aliphatic rings. The van der Waals surface area contributed by atoms with Crippen LogP contribution in [0, 0.1) is 17.1 Å². The number of nitriles is 1. The lowest BCUT2D eigenvalue weighted by Gasteiger charge is -1.97. The quantitative estimate of drug-likeness (QED) is 0.681. The minimum Gasteiger partial charge on any atom is -0.346 e. The third-order valence-corrected chi connectivity index (χ3v) is 1.91. The molecule has 0 radical (unpaired) electrons. The highest BCUT2D eigenvalue weighted by Crippen LogP contribution is 2.09. The molecule has 0 unspecified atom stereocenters. The summed E-state index contributed by atoms with van der Waals surface area (Å²) in [6.45, 7) is 0. The van der Waals surface area contributed by atoms with Gasteiger partial charge in [-0.15, -0.1) is 0 Å². The van der Waals surface area contributed by atoms with E-state index in [1.807, 2.05) is 6.07 Å². The molecule has 0 saturated carbocycles. The van der Waals surface area contributed by atoms with Crippen LogP contribution in [0.15, 0.2) is 29.1 Å². The van der Waals surface area contributed by atoms with E-state index in [1.54, 1.807) is 0 Å². The van der Waals surface area contributed by atoms with Crippen LogP contribution in [0.3, 0.4) is 0 Å². The van der Waals surface area contributed by atoms with Crippen molar-refractivity contribution in [2.45, 2.75) is 0 Å². The van der Waals surface area contributed by atoms with Crippen molar-refractivity contribution < 1.29 is 4.39 Å². The molecule has 0 bridgehead atoms. The SMILES string of the molecule is N#Cc1cc(=O)c2cc(F)ccc2[nH]1. The average Bonchev–Trinajstić information content (AvgIpc) is 2.19. The molecule has 0 spiro atoms. The van der Waals surface area contributed by atoms with E-state index in [0.717, 1.165) is 12.1 Å². The first kappa shape index (κ1) is 8.45. The average molecular weight is 188 g/mol. The number of rotatable bonds is 0. The number of nitrogens with zero attached hydrogens (tertiary/aromatic N) is 1.